The molecule has 1 aromatic carbocycles. The van der Waals surface area contributed by atoms with E-state index in [1.165, 1.54) is 4.90 Å². The van der Waals surface area contributed by atoms with Gasteiger partial charge in [-0.3, -0.25) is 14.5 Å². The molecule has 3 N–H and O–H groups in total. The number of nitrogens with zero attached hydrogens (tertiary/aromatic N) is 1. The third-order valence-electron chi connectivity index (χ3n) is 2.63. The molecule has 0 heterocycles. The maximum atomic E-state index is 12.2. The fourth-order valence-corrected chi connectivity index (χ4v) is 1.50. The summed E-state index contributed by atoms with van der Waals surface area (Å²) in [5, 5.41) is 8.88. The molecule has 0 saturated heterocycles. The predicted octanol–water partition coefficient (Wildman–Crippen LogP) is 1.09. The molecule has 5 nitrogen and oxygen atoms in total. The molecule has 0 bridgehead atoms. The Morgan fingerprint density at radius 1 is 1.28 bits per heavy atom. The van der Waals surface area contributed by atoms with Gasteiger partial charge in [-0.05, 0) is 18.1 Å². The van der Waals surface area contributed by atoms with Gasteiger partial charge in [-0.1, -0.05) is 32.0 Å². The highest BCUT2D eigenvalue weighted by atomic mass is 16.4. The van der Waals surface area contributed by atoms with Gasteiger partial charge in [0.25, 0.3) is 0 Å². The number of rotatable bonds is 5. The highest BCUT2D eigenvalue weighted by molar-refractivity contribution is 6.00. The summed E-state index contributed by atoms with van der Waals surface area (Å²) < 4.78 is 0. The molecule has 1 atom stereocenters. The van der Waals surface area contributed by atoms with E-state index in [9.17, 15) is 9.59 Å². The molecule has 5 heteroatoms. The van der Waals surface area contributed by atoms with Gasteiger partial charge >= 0.3 is 5.97 Å². The lowest BCUT2D eigenvalue weighted by molar-refractivity contribution is -0.136. The van der Waals surface area contributed by atoms with Gasteiger partial charge in [0.2, 0.25) is 5.91 Å². The number of anilines is 1. The van der Waals surface area contributed by atoms with Crippen LogP contribution in [0.4, 0.5) is 5.69 Å². The van der Waals surface area contributed by atoms with E-state index in [2.05, 4.69) is 0 Å². The molecule has 18 heavy (non-hydrogen) atoms. The molecular weight excluding hydrogens is 232 g/mol. The van der Waals surface area contributed by atoms with Crippen LogP contribution in [0.3, 0.4) is 0 Å². The van der Waals surface area contributed by atoms with E-state index in [0.29, 0.717) is 5.69 Å². The van der Waals surface area contributed by atoms with Gasteiger partial charge in [0.1, 0.15) is 6.54 Å². The van der Waals surface area contributed by atoms with E-state index in [1.807, 2.05) is 13.8 Å². The van der Waals surface area contributed by atoms with Gasteiger partial charge < -0.3 is 10.8 Å². The molecule has 0 aliphatic carbocycles. The lowest BCUT2D eigenvalue weighted by Gasteiger charge is -2.25. The van der Waals surface area contributed by atoms with Crippen molar-refractivity contribution in [3.63, 3.8) is 0 Å². The Bertz CT molecular complexity index is 418. The third-order valence-corrected chi connectivity index (χ3v) is 2.63. The summed E-state index contributed by atoms with van der Waals surface area (Å²) >= 11 is 0. The van der Waals surface area contributed by atoms with Gasteiger partial charge in [-0.15, -0.1) is 0 Å². The molecule has 0 unspecified atom stereocenters. The van der Waals surface area contributed by atoms with Gasteiger partial charge in [0.15, 0.2) is 0 Å². The molecule has 1 aromatic rings. The number of aliphatic carboxylic acids is 1. The molecule has 0 saturated carbocycles. The van der Waals surface area contributed by atoms with Crippen LogP contribution in [0, 0.1) is 5.92 Å². The Labute approximate surface area is 106 Å². The van der Waals surface area contributed by atoms with E-state index in [0.717, 1.165) is 0 Å². The van der Waals surface area contributed by atoms with Gasteiger partial charge in [-0.2, -0.15) is 0 Å². The molecule has 0 aliphatic heterocycles. The van der Waals surface area contributed by atoms with Crippen molar-refractivity contribution in [3.05, 3.63) is 30.3 Å². The van der Waals surface area contributed by atoms with Crippen LogP contribution in [0.2, 0.25) is 0 Å². The van der Waals surface area contributed by atoms with E-state index >= 15 is 0 Å². The number of hydrogen-bond acceptors (Lipinski definition) is 3. The maximum absolute atomic E-state index is 12.2. The monoisotopic (exact) mass is 250 g/mol. The van der Waals surface area contributed by atoms with Crippen molar-refractivity contribution >= 4 is 17.6 Å². The first-order valence-corrected chi connectivity index (χ1v) is 5.77. The van der Waals surface area contributed by atoms with E-state index in [-0.39, 0.29) is 18.4 Å². The smallest absolute Gasteiger partial charge is 0.323 e. The number of hydrogen-bond donors (Lipinski definition) is 2. The van der Waals surface area contributed by atoms with Crippen molar-refractivity contribution in [2.24, 2.45) is 11.7 Å². The topological polar surface area (TPSA) is 83.6 Å². The van der Waals surface area contributed by atoms with Gasteiger partial charge in [0, 0.05) is 5.69 Å². The first-order valence-electron chi connectivity index (χ1n) is 5.77. The summed E-state index contributed by atoms with van der Waals surface area (Å²) in [7, 11) is 0. The minimum absolute atomic E-state index is 0.0440. The normalized spacial score (nSPS) is 12.2. The number of carboxylic acid groups (broad SMARTS) is 1. The molecule has 1 amide bonds. The number of nitrogens with two attached hydrogens (primary N) is 1. The lowest BCUT2D eigenvalue weighted by Crippen LogP contribution is -2.48. The van der Waals surface area contributed by atoms with Crippen molar-refractivity contribution in [2.75, 3.05) is 11.4 Å². The lowest BCUT2D eigenvalue weighted by atomic mass is 10.0. The highest BCUT2D eigenvalue weighted by Gasteiger charge is 2.26. The summed E-state index contributed by atoms with van der Waals surface area (Å²) in [6.07, 6.45) is 0. The van der Waals surface area contributed by atoms with Crippen molar-refractivity contribution in [1.29, 1.82) is 0 Å². The Hall–Kier alpha value is -1.88. The highest BCUT2D eigenvalue weighted by Crippen LogP contribution is 2.15. The second-order valence-corrected chi connectivity index (χ2v) is 4.42. The molecule has 0 radical (unpaired) electrons. The predicted molar refractivity (Wildman–Crippen MR) is 69.2 cm³/mol. The Morgan fingerprint density at radius 2 is 1.83 bits per heavy atom. The van der Waals surface area contributed by atoms with Crippen molar-refractivity contribution in [1.82, 2.24) is 0 Å². The van der Waals surface area contributed by atoms with Crippen LogP contribution < -0.4 is 10.6 Å². The van der Waals surface area contributed by atoms with Crippen molar-refractivity contribution in [2.45, 2.75) is 19.9 Å². The van der Waals surface area contributed by atoms with Crippen molar-refractivity contribution in [3.8, 4) is 0 Å². The van der Waals surface area contributed by atoms with Crippen LogP contribution in [0.1, 0.15) is 13.8 Å². The summed E-state index contributed by atoms with van der Waals surface area (Å²) in [6, 6.07) is 7.97. The fourth-order valence-electron chi connectivity index (χ4n) is 1.50. The first kappa shape index (κ1) is 14.2. The second-order valence-electron chi connectivity index (χ2n) is 4.42. The Morgan fingerprint density at radius 3 is 2.28 bits per heavy atom. The number of amides is 1. The fraction of sp³-hybridized carbons (Fsp3) is 0.385. The van der Waals surface area contributed by atoms with Crippen LogP contribution in [-0.2, 0) is 9.59 Å². The average molecular weight is 250 g/mol. The van der Waals surface area contributed by atoms with E-state index in [4.69, 9.17) is 10.8 Å². The van der Waals surface area contributed by atoms with Crippen LogP contribution in [0.25, 0.3) is 0 Å². The zero-order valence-electron chi connectivity index (χ0n) is 10.5. The summed E-state index contributed by atoms with van der Waals surface area (Å²) in [5.74, 6) is -1.49. The Kier molecular flexibility index (Phi) is 4.85. The summed E-state index contributed by atoms with van der Waals surface area (Å²) in [4.78, 5) is 24.2. The van der Waals surface area contributed by atoms with Crippen LogP contribution in [-0.4, -0.2) is 29.6 Å². The number of carboxylic acids is 1. The largest absolute Gasteiger partial charge is 0.480 e. The molecule has 0 aromatic heterocycles. The number of para-hydroxylation sites is 1. The number of benzene rings is 1. The van der Waals surface area contributed by atoms with Crippen molar-refractivity contribution < 1.29 is 14.7 Å². The quantitative estimate of drug-likeness (QED) is 0.819. The molecule has 98 valence electrons. The average Bonchev–Trinajstić information content (AvgIpc) is 2.35. The van der Waals surface area contributed by atoms with Gasteiger partial charge in [-0.25, -0.2) is 0 Å². The number of carbonyl (C=O) groups excluding carboxylic acids is 1. The van der Waals surface area contributed by atoms with E-state index < -0.39 is 12.0 Å². The molecule has 1 rings (SSSR count). The SMILES string of the molecule is CC(C)[C@H](N)C(=O)N(CC(=O)O)c1ccccc1. The summed E-state index contributed by atoms with van der Waals surface area (Å²) in [5.41, 5.74) is 6.33. The van der Waals surface area contributed by atoms with Crippen LogP contribution in [0.5, 0.6) is 0 Å². The minimum Gasteiger partial charge on any atom is -0.480 e. The molecule has 0 spiro atoms. The molecular formula is C13H18N2O3. The van der Waals surface area contributed by atoms with Crippen LogP contribution >= 0.6 is 0 Å². The second kappa shape index (κ2) is 6.16. The minimum atomic E-state index is -1.07. The van der Waals surface area contributed by atoms with E-state index in [1.54, 1.807) is 30.3 Å². The molecule has 0 fully saturated rings. The standard InChI is InChI=1S/C13H18N2O3/c1-9(2)12(14)13(18)15(8-11(16)17)10-6-4-3-5-7-10/h3-7,9,12H,8,14H2,1-2H3,(H,16,17)/t12-/m0/s1. The molecule has 0 aliphatic rings. The zero-order chi connectivity index (χ0) is 13.7. The zero-order valence-corrected chi connectivity index (χ0v) is 10.5. The third kappa shape index (κ3) is 3.56. The van der Waals surface area contributed by atoms with Crippen LogP contribution in [0.15, 0.2) is 30.3 Å². The number of carbonyl (C=O) groups is 2. The maximum Gasteiger partial charge on any atom is 0.323 e. The first-order chi connectivity index (χ1) is 8.43. The Balaban J connectivity index is 2.99. The summed E-state index contributed by atoms with van der Waals surface area (Å²) in [6.45, 7) is 3.27. The van der Waals surface area contributed by atoms with Gasteiger partial charge in [0.05, 0.1) is 6.04 Å².